The minimum Gasteiger partial charge on any atom is -0.465 e. The molecule has 0 amide bonds. The smallest absolute Gasteiger partial charge is 0.346 e. The third-order valence-electron chi connectivity index (χ3n) is 2.66. The fraction of sp³-hybridized carbons (Fsp3) is 0.143. The first-order valence-electron chi connectivity index (χ1n) is 6.00. The Balaban J connectivity index is 2.26. The number of methoxy groups -OCH3 is 2. The summed E-state index contributed by atoms with van der Waals surface area (Å²) in [4.78, 5) is 31.3. The molecule has 1 aromatic carbocycles. The second-order valence-electron chi connectivity index (χ2n) is 3.95. The predicted octanol–water partition coefficient (Wildman–Crippen LogP) is 1.27. The van der Waals surface area contributed by atoms with Crippen molar-refractivity contribution in [1.82, 2.24) is 9.97 Å². The number of carbonyl (C=O) groups is 2. The Hall–Kier alpha value is -2.96. The maximum atomic E-state index is 11.5. The molecule has 0 bridgehead atoms. The summed E-state index contributed by atoms with van der Waals surface area (Å²) in [6.07, 6.45) is 4.41. The van der Waals surface area contributed by atoms with Crippen molar-refractivity contribution in [3.63, 3.8) is 0 Å². The van der Waals surface area contributed by atoms with Gasteiger partial charge in [-0.2, -0.15) is 0 Å². The minimum atomic E-state index is -0.782. The van der Waals surface area contributed by atoms with Gasteiger partial charge >= 0.3 is 11.9 Å². The van der Waals surface area contributed by atoms with E-state index in [0.717, 1.165) is 5.52 Å². The zero-order valence-corrected chi connectivity index (χ0v) is 11.5. The first kappa shape index (κ1) is 14.4. The molecule has 2 rings (SSSR count). The maximum Gasteiger partial charge on any atom is 0.346 e. The zero-order chi connectivity index (χ0) is 15.2. The van der Waals surface area contributed by atoms with Crippen LogP contribution < -0.4 is 5.32 Å². The molecule has 1 heterocycles. The van der Waals surface area contributed by atoms with Gasteiger partial charge in [0, 0.05) is 24.3 Å². The van der Waals surface area contributed by atoms with E-state index < -0.39 is 11.9 Å². The van der Waals surface area contributed by atoms with Gasteiger partial charge in [-0.3, -0.25) is 9.97 Å². The molecule has 7 nitrogen and oxygen atoms in total. The van der Waals surface area contributed by atoms with Crippen molar-refractivity contribution < 1.29 is 19.1 Å². The first-order valence-corrected chi connectivity index (χ1v) is 6.00. The van der Waals surface area contributed by atoms with Crippen LogP contribution >= 0.6 is 0 Å². The van der Waals surface area contributed by atoms with Gasteiger partial charge in [0.15, 0.2) is 5.57 Å². The molecule has 21 heavy (non-hydrogen) atoms. The number of carbonyl (C=O) groups excluding carboxylic acids is 2. The van der Waals surface area contributed by atoms with Crippen molar-refractivity contribution >= 4 is 28.7 Å². The number of fused-ring (bicyclic) bond motifs is 1. The number of hydrogen-bond acceptors (Lipinski definition) is 7. The van der Waals surface area contributed by atoms with E-state index in [0.29, 0.717) is 11.2 Å². The maximum absolute atomic E-state index is 11.5. The lowest BCUT2D eigenvalue weighted by atomic mass is 10.2. The first-order chi connectivity index (χ1) is 10.2. The summed E-state index contributed by atoms with van der Waals surface area (Å²) in [7, 11) is 2.37. The van der Waals surface area contributed by atoms with Gasteiger partial charge in [-0.05, 0) is 18.2 Å². The van der Waals surface area contributed by atoms with Crippen LogP contribution in [0.1, 0.15) is 0 Å². The summed E-state index contributed by atoms with van der Waals surface area (Å²) in [5, 5.41) is 2.84. The van der Waals surface area contributed by atoms with E-state index in [1.807, 2.05) is 0 Å². The average molecular weight is 287 g/mol. The lowest BCUT2D eigenvalue weighted by Gasteiger charge is -2.06. The largest absolute Gasteiger partial charge is 0.465 e. The number of benzene rings is 1. The normalized spacial score (nSPS) is 9.81. The highest BCUT2D eigenvalue weighted by Gasteiger charge is 2.19. The molecule has 0 aliphatic carbocycles. The predicted molar refractivity (Wildman–Crippen MR) is 75.3 cm³/mol. The van der Waals surface area contributed by atoms with Crippen LogP contribution in [0.2, 0.25) is 0 Å². The molecule has 0 atom stereocenters. The van der Waals surface area contributed by atoms with E-state index in [-0.39, 0.29) is 5.57 Å². The van der Waals surface area contributed by atoms with Gasteiger partial charge in [0.1, 0.15) is 0 Å². The molecule has 2 aromatic rings. The Kier molecular flexibility index (Phi) is 4.45. The Morgan fingerprint density at radius 2 is 1.67 bits per heavy atom. The fourth-order valence-corrected chi connectivity index (χ4v) is 1.63. The molecule has 0 saturated heterocycles. The molecule has 0 spiro atoms. The highest BCUT2D eigenvalue weighted by Crippen LogP contribution is 2.15. The quantitative estimate of drug-likeness (QED) is 0.392. The van der Waals surface area contributed by atoms with Crippen LogP contribution in [-0.2, 0) is 19.1 Å². The van der Waals surface area contributed by atoms with Crippen LogP contribution in [0, 0.1) is 0 Å². The van der Waals surface area contributed by atoms with E-state index in [1.165, 1.54) is 20.4 Å². The number of esters is 2. The SMILES string of the molecule is COC(=O)C(=CNc1ccc2nccnc2c1)C(=O)OC. The monoisotopic (exact) mass is 287 g/mol. The molecule has 0 radical (unpaired) electrons. The molecular formula is C14H13N3O4. The lowest BCUT2D eigenvalue weighted by molar-refractivity contribution is -0.144. The van der Waals surface area contributed by atoms with Crippen molar-refractivity contribution in [1.29, 1.82) is 0 Å². The van der Waals surface area contributed by atoms with Gasteiger partial charge in [0.2, 0.25) is 0 Å². The van der Waals surface area contributed by atoms with Crippen molar-refractivity contribution in [3.8, 4) is 0 Å². The second-order valence-corrected chi connectivity index (χ2v) is 3.95. The average Bonchev–Trinajstić information content (AvgIpc) is 2.54. The third kappa shape index (κ3) is 3.33. The second kappa shape index (κ2) is 6.47. The molecule has 1 aromatic heterocycles. The molecule has 0 aliphatic heterocycles. The number of rotatable bonds is 4. The van der Waals surface area contributed by atoms with Crippen LogP contribution in [0.4, 0.5) is 5.69 Å². The van der Waals surface area contributed by atoms with Crippen LogP contribution in [0.3, 0.4) is 0 Å². The zero-order valence-electron chi connectivity index (χ0n) is 11.5. The van der Waals surface area contributed by atoms with E-state index >= 15 is 0 Å². The third-order valence-corrected chi connectivity index (χ3v) is 2.66. The van der Waals surface area contributed by atoms with Gasteiger partial charge in [-0.25, -0.2) is 9.59 Å². The molecule has 7 heteroatoms. The molecule has 0 aliphatic rings. The molecule has 108 valence electrons. The van der Waals surface area contributed by atoms with Crippen LogP contribution in [0.25, 0.3) is 11.0 Å². The van der Waals surface area contributed by atoms with E-state index in [9.17, 15) is 9.59 Å². The van der Waals surface area contributed by atoms with Gasteiger partial charge < -0.3 is 14.8 Å². The standard InChI is InChI=1S/C14H13N3O4/c1-20-13(18)10(14(19)21-2)8-17-9-3-4-11-12(7-9)16-6-5-15-11/h3-8,17H,1-2H3. The molecule has 1 N–H and O–H groups in total. The highest BCUT2D eigenvalue weighted by atomic mass is 16.5. The van der Waals surface area contributed by atoms with Crippen molar-refractivity contribution in [3.05, 3.63) is 42.4 Å². The summed E-state index contributed by atoms with van der Waals surface area (Å²) in [5.74, 6) is -1.56. The Morgan fingerprint density at radius 3 is 2.29 bits per heavy atom. The van der Waals surface area contributed by atoms with Gasteiger partial charge in [-0.15, -0.1) is 0 Å². The summed E-state index contributed by atoms with van der Waals surface area (Å²) in [6, 6.07) is 5.26. The number of anilines is 1. The number of aromatic nitrogens is 2. The number of hydrogen-bond donors (Lipinski definition) is 1. The Morgan fingerprint density at radius 1 is 1.05 bits per heavy atom. The van der Waals surface area contributed by atoms with Gasteiger partial charge in [0.05, 0.1) is 25.3 Å². The Labute approximate surface area is 120 Å². The number of ether oxygens (including phenoxy) is 2. The Bertz CT molecular complexity index is 694. The van der Waals surface area contributed by atoms with E-state index in [4.69, 9.17) is 0 Å². The van der Waals surface area contributed by atoms with Crippen LogP contribution in [-0.4, -0.2) is 36.1 Å². The fourth-order valence-electron chi connectivity index (χ4n) is 1.63. The summed E-state index contributed by atoms with van der Waals surface area (Å²) in [5.41, 5.74) is 1.84. The van der Waals surface area contributed by atoms with E-state index in [1.54, 1.807) is 30.6 Å². The molecule has 0 fully saturated rings. The number of nitrogens with zero attached hydrogens (tertiary/aromatic N) is 2. The van der Waals surface area contributed by atoms with Gasteiger partial charge in [0.25, 0.3) is 0 Å². The summed E-state index contributed by atoms with van der Waals surface area (Å²) in [6.45, 7) is 0. The molecule has 0 saturated carbocycles. The van der Waals surface area contributed by atoms with Crippen molar-refractivity contribution in [2.24, 2.45) is 0 Å². The molecular weight excluding hydrogens is 274 g/mol. The van der Waals surface area contributed by atoms with Gasteiger partial charge in [-0.1, -0.05) is 0 Å². The van der Waals surface area contributed by atoms with Crippen molar-refractivity contribution in [2.45, 2.75) is 0 Å². The highest BCUT2D eigenvalue weighted by molar-refractivity contribution is 6.14. The number of nitrogens with one attached hydrogen (secondary N) is 1. The summed E-state index contributed by atoms with van der Waals surface area (Å²) >= 11 is 0. The van der Waals surface area contributed by atoms with Crippen LogP contribution in [0.5, 0.6) is 0 Å². The lowest BCUT2D eigenvalue weighted by Crippen LogP contribution is -2.17. The minimum absolute atomic E-state index is 0.237. The van der Waals surface area contributed by atoms with Crippen molar-refractivity contribution in [2.75, 3.05) is 19.5 Å². The van der Waals surface area contributed by atoms with E-state index in [2.05, 4.69) is 24.8 Å². The summed E-state index contributed by atoms with van der Waals surface area (Å²) < 4.78 is 9.05. The molecule has 0 unspecified atom stereocenters. The van der Waals surface area contributed by atoms with Crippen LogP contribution in [0.15, 0.2) is 42.4 Å². The topological polar surface area (TPSA) is 90.4 Å².